The van der Waals surface area contributed by atoms with Crippen LogP contribution in [0.25, 0.3) is 0 Å². The summed E-state index contributed by atoms with van der Waals surface area (Å²) in [4.78, 5) is 33.1. The second-order valence-electron chi connectivity index (χ2n) is 10.3. The van der Waals surface area contributed by atoms with Crippen molar-refractivity contribution in [3.05, 3.63) is 92.9 Å². The third-order valence-electron chi connectivity index (χ3n) is 6.09. The van der Waals surface area contributed by atoms with Gasteiger partial charge in [-0.1, -0.05) is 47.7 Å². The van der Waals surface area contributed by atoms with E-state index >= 15 is 0 Å². The number of aliphatic imine (C=N–C) groups is 1. The Labute approximate surface area is 221 Å². The smallest absolute Gasteiger partial charge is 0.338 e. The lowest BCUT2D eigenvalue weighted by Gasteiger charge is -2.37. The molecule has 4 rings (SSSR count). The van der Waals surface area contributed by atoms with Crippen LogP contribution in [0.3, 0.4) is 0 Å². The van der Waals surface area contributed by atoms with Gasteiger partial charge in [0.1, 0.15) is 11.4 Å². The Bertz CT molecular complexity index is 1320. The maximum absolute atomic E-state index is 13.5. The lowest BCUT2D eigenvalue weighted by Crippen LogP contribution is -2.39. The van der Waals surface area contributed by atoms with E-state index in [1.807, 2.05) is 64.0 Å². The molecule has 0 aromatic heterocycles. The molecule has 2 aromatic rings. The molecule has 37 heavy (non-hydrogen) atoms. The summed E-state index contributed by atoms with van der Waals surface area (Å²) < 4.78 is 19.0. The number of hydrogen-bond acceptors (Lipinski definition) is 6. The molecular formula is C29H32FN3O3S. The van der Waals surface area contributed by atoms with Crippen molar-refractivity contribution >= 4 is 28.8 Å². The molecule has 1 amide bonds. The molecule has 8 heteroatoms. The number of nitrogens with one attached hydrogen (secondary N) is 1. The van der Waals surface area contributed by atoms with Crippen molar-refractivity contribution in [2.45, 2.75) is 66.2 Å². The Hall–Kier alpha value is -3.39. The van der Waals surface area contributed by atoms with Crippen molar-refractivity contribution in [2.24, 2.45) is 4.99 Å². The molecule has 0 spiro atoms. The Balaban J connectivity index is 1.65. The van der Waals surface area contributed by atoms with Crippen LogP contribution >= 0.6 is 11.8 Å². The van der Waals surface area contributed by atoms with Gasteiger partial charge in [0, 0.05) is 12.2 Å². The molecule has 2 aliphatic rings. The summed E-state index contributed by atoms with van der Waals surface area (Å²) >= 11 is 1.44. The number of thioether (sulfide) groups is 1. The van der Waals surface area contributed by atoms with Crippen LogP contribution in [0.5, 0.6) is 0 Å². The molecule has 1 unspecified atom stereocenters. The van der Waals surface area contributed by atoms with Crippen LogP contribution in [-0.4, -0.2) is 27.5 Å². The van der Waals surface area contributed by atoms with Gasteiger partial charge in [-0.15, -0.1) is 0 Å². The van der Waals surface area contributed by atoms with Crippen molar-refractivity contribution in [2.75, 3.05) is 0 Å². The number of halogens is 1. The van der Waals surface area contributed by atoms with Crippen LogP contribution in [-0.2, 0) is 20.9 Å². The van der Waals surface area contributed by atoms with Gasteiger partial charge in [-0.25, -0.2) is 14.2 Å². The van der Waals surface area contributed by atoms with Crippen LogP contribution in [0, 0.1) is 19.7 Å². The molecule has 0 bridgehead atoms. The van der Waals surface area contributed by atoms with Gasteiger partial charge < -0.3 is 15.0 Å². The molecule has 1 N–H and O–H groups in total. The molecule has 0 aliphatic carbocycles. The minimum Gasteiger partial charge on any atom is -0.456 e. The van der Waals surface area contributed by atoms with Crippen LogP contribution < -0.4 is 5.32 Å². The standard InChI is InChI=1S/C29H32FN3O3S/c1-17-7-8-18(2)23(13-17)26-25(27(35)36-29(4,5)6)19(3)32-28-33(26)22(16-37-28)14-24(34)31-15-20-9-11-21(30)12-10-20/h7-13,16,26H,14-15H2,1-6H3,(H,31,34). The van der Waals surface area contributed by atoms with Gasteiger partial charge in [-0.3, -0.25) is 4.79 Å². The molecule has 0 saturated heterocycles. The molecule has 0 fully saturated rings. The van der Waals surface area contributed by atoms with Gasteiger partial charge in [-0.05, 0) is 75.8 Å². The van der Waals surface area contributed by atoms with E-state index in [4.69, 9.17) is 9.73 Å². The number of amidine groups is 1. The number of ether oxygens (including phenoxy) is 1. The van der Waals surface area contributed by atoms with E-state index in [-0.39, 0.29) is 18.1 Å². The zero-order chi connectivity index (χ0) is 26.9. The molecule has 1 atom stereocenters. The fourth-order valence-electron chi connectivity index (χ4n) is 4.34. The predicted molar refractivity (Wildman–Crippen MR) is 145 cm³/mol. The van der Waals surface area contributed by atoms with Gasteiger partial charge in [0.15, 0.2) is 5.17 Å². The average molecular weight is 522 g/mol. The summed E-state index contributed by atoms with van der Waals surface area (Å²) in [6.07, 6.45) is 0.106. The summed E-state index contributed by atoms with van der Waals surface area (Å²) in [6.45, 7) is 11.7. The molecule has 2 aliphatic heterocycles. The number of rotatable bonds is 6. The van der Waals surface area contributed by atoms with Crippen molar-refractivity contribution in [1.29, 1.82) is 0 Å². The number of fused-ring (bicyclic) bond motifs is 1. The highest BCUT2D eigenvalue weighted by atomic mass is 32.2. The number of esters is 1. The predicted octanol–water partition coefficient (Wildman–Crippen LogP) is 6.07. The quantitative estimate of drug-likeness (QED) is 0.468. The molecular weight excluding hydrogens is 489 g/mol. The molecule has 194 valence electrons. The highest BCUT2D eigenvalue weighted by Gasteiger charge is 2.42. The molecule has 0 saturated carbocycles. The summed E-state index contributed by atoms with van der Waals surface area (Å²) in [6, 6.07) is 11.7. The largest absolute Gasteiger partial charge is 0.456 e. The summed E-state index contributed by atoms with van der Waals surface area (Å²) in [5.41, 5.74) is 5.03. The Kier molecular flexibility index (Phi) is 7.59. The zero-order valence-electron chi connectivity index (χ0n) is 22.0. The van der Waals surface area contributed by atoms with Gasteiger partial charge in [0.2, 0.25) is 5.91 Å². The van der Waals surface area contributed by atoms with Crippen LogP contribution in [0.2, 0.25) is 0 Å². The Morgan fingerprint density at radius 2 is 1.81 bits per heavy atom. The van der Waals surface area contributed by atoms with E-state index in [1.165, 1.54) is 23.9 Å². The van der Waals surface area contributed by atoms with Crippen molar-refractivity contribution in [3.63, 3.8) is 0 Å². The topological polar surface area (TPSA) is 71.0 Å². The highest BCUT2D eigenvalue weighted by molar-refractivity contribution is 8.16. The number of allylic oxidation sites excluding steroid dienone is 1. The molecule has 2 heterocycles. The number of aryl methyl sites for hydroxylation is 2. The zero-order valence-corrected chi connectivity index (χ0v) is 22.8. The molecule has 0 radical (unpaired) electrons. The van der Waals surface area contributed by atoms with E-state index in [9.17, 15) is 14.0 Å². The lowest BCUT2D eigenvalue weighted by molar-refractivity contribution is -0.150. The first-order chi connectivity index (χ1) is 17.4. The van der Waals surface area contributed by atoms with E-state index < -0.39 is 17.6 Å². The van der Waals surface area contributed by atoms with Crippen molar-refractivity contribution in [1.82, 2.24) is 10.2 Å². The van der Waals surface area contributed by atoms with E-state index in [0.29, 0.717) is 17.8 Å². The first-order valence-electron chi connectivity index (χ1n) is 12.2. The highest BCUT2D eigenvalue weighted by Crippen LogP contribution is 2.46. The van der Waals surface area contributed by atoms with Gasteiger partial charge in [0.05, 0.1) is 23.7 Å². The fourth-order valence-corrected chi connectivity index (χ4v) is 5.31. The normalized spacial score (nSPS) is 17.3. The second kappa shape index (κ2) is 10.5. The third kappa shape index (κ3) is 6.13. The average Bonchev–Trinajstić information content (AvgIpc) is 3.20. The number of benzene rings is 2. The van der Waals surface area contributed by atoms with E-state index in [2.05, 4.69) is 11.4 Å². The Morgan fingerprint density at radius 3 is 2.49 bits per heavy atom. The first-order valence-corrected chi connectivity index (χ1v) is 13.1. The third-order valence-corrected chi connectivity index (χ3v) is 6.98. The van der Waals surface area contributed by atoms with E-state index in [1.54, 1.807) is 12.1 Å². The molecule has 6 nitrogen and oxygen atoms in total. The monoisotopic (exact) mass is 521 g/mol. The summed E-state index contributed by atoms with van der Waals surface area (Å²) in [5, 5.41) is 5.54. The SMILES string of the molecule is CC1=C(C(=O)OC(C)(C)C)C(c2cc(C)ccc2C)N2C(CC(=O)NCc3ccc(F)cc3)=CSC2=N1. The minimum atomic E-state index is -0.667. The van der Waals surface area contributed by atoms with E-state index in [0.717, 1.165) is 33.1 Å². The number of hydrogen-bond donors (Lipinski definition) is 1. The fraction of sp³-hybridized carbons (Fsp3) is 0.345. The molecule has 2 aromatic carbocycles. The lowest BCUT2D eigenvalue weighted by atomic mass is 9.89. The second-order valence-corrected chi connectivity index (χ2v) is 11.2. The minimum absolute atomic E-state index is 0.106. The van der Waals surface area contributed by atoms with Gasteiger partial charge >= 0.3 is 5.97 Å². The van der Waals surface area contributed by atoms with Crippen LogP contribution in [0.1, 0.15) is 62.4 Å². The Morgan fingerprint density at radius 1 is 1.11 bits per heavy atom. The van der Waals surface area contributed by atoms with Crippen molar-refractivity contribution in [3.8, 4) is 0 Å². The van der Waals surface area contributed by atoms with Gasteiger partial charge in [-0.2, -0.15) is 0 Å². The number of carbonyl (C=O) groups excluding carboxylic acids is 2. The maximum atomic E-state index is 13.5. The first kappa shape index (κ1) is 26.7. The van der Waals surface area contributed by atoms with Crippen LogP contribution in [0.4, 0.5) is 4.39 Å². The number of amides is 1. The number of carbonyl (C=O) groups is 2. The van der Waals surface area contributed by atoms with Crippen LogP contribution in [0.15, 0.2) is 69.8 Å². The maximum Gasteiger partial charge on any atom is 0.338 e. The number of nitrogens with zero attached hydrogens (tertiary/aromatic N) is 2. The summed E-state index contributed by atoms with van der Waals surface area (Å²) in [5.74, 6) is -0.917. The summed E-state index contributed by atoms with van der Waals surface area (Å²) in [7, 11) is 0. The van der Waals surface area contributed by atoms with Crippen molar-refractivity contribution < 1.29 is 18.7 Å². The van der Waals surface area contributed by atoms with Gasteiger partial charge in [0.25, 0.3) is 0 Å².